The Balaban J connectivity index is 2.23. The first kappa shape index (κ1) is 11.9. The second kappa shape index (κ2) is 5.67. The van der Waals surface area contributed by atoms with Gasteiger partial charge in [0.2, 0.25) is 0 Å². The molecule has 2 aromatic rings. The van der Waals surface area contributed by atoms with Crippen LogP contribution in [0.15, 0.2) is 35.3 Å². The number of rotatable bonds is 5. The molecule has 0 aliphatic rings. The van der Waals surface area contributed by atoms with E-state index in [0.717, 1.165) is 17.2 Å². The molecule has 1 heterocycles. The van der Waals surface area contributed by atoms with Crippen LogP contribution in [0.3, 0.4) is 0 Å². The van der Waals surface area contributed by atoms with Crippen molar-refractivity contribution in [2.45, 2.75) is 39.0 Å². The lowest BCUT2D eigenvalue weighted by atomic mass is 10.0. The first-order valence-electron chi connectivity index (χ1n) is 6.42. The van der Waals surface area contributed by atoms with Gasteiger partial charge in [-0.1, -0.05) is 44.4 Å². The summed E-state index contributed by atoms with van der Waals surface area (Å²) in [4.78, 5) is 14.5. The Labute approximate surface area is 102 Å². The van der Waals surface area contributed by atoms with E-state index in [0.29, 0.717) is 0 Å². The summed E-state index contributed by atoms with van der Waals surface area (Å²) in [6.07, 6.45) is 7.94. The molecule has 90 valence electrons. The van der Waals surface area contributed by atoms with E-state index in [2.05, 4.69) is 11.9 Å². The van der Waals surface area contributed by atoms with Gasteiger partial charge in [-0.3, -0.25) is 4.79 Å². The van der Waals surface area contributed by atoms with E-state index in [1.807, 2.05) is 30.5 Å². The number of unbranched alkanes of at least 4 members (excludes halogenated alkanes) is 3. The highest BCUT2D eigenvalue weighted by atomic mass is 16.1. The number of aromatic nitrogens is 1. The van der Waals surface area contributed by atoms with Crippen molar-refractivity contribution in [3.05, 3.63) is 46.4 Å². The Morgan fingerprint density at radius 2 is 1.82 bits per heavy atom. The normalized spacial score (nSPS) is 10.9. The quantitative estimate of drug-likeness (QED) is 0.780. The maximum Gasteiger partial charge on any atom is 0.255 e. The van der Waals surface area contributed by atoms with Gasteiger partial charge in [-0.25, -0.2) is 0 Å². The van der Waals surface area contributed by atoms with Gasteiger partial charge in [0.25, 0.3) is 5.56 Å². The van der Waals surface area contributed by atoms with Crippen LogP contribution in [0, 0.1) is 0 Å². The number of aromatic amines is 1. The van der Waals surface area contributed by atoms with Crippen LogP contribution in [0.1, 0.15) is 38.2 Å². The summed E-state index contributed by atoms with van der Waals surface area (Å²) in [5.41, 5.74) is 1.27. The first-order valence-corrected chi connectivity index (χ1v) is 6.42. The summed E-state index contributed by atoms with van der Waals surface area (Å²) in [6.45, 7) is 2.22. The lowest BCUT2D eigenvalue weighted by Crippen LogP contribution is -2.07. The third-order valence-electron chi connectivity index (χ3n) is 3.19. The topological polar surface area (TPSA) is 32.9 Å². The highest BCUT2D eigenvalue weighted by molar-refractivity contribution is 5.84. The van der Waals surface area contributed by atoms with E-state index in [4.69, 9.17) is 0 Å². The van der Waals surface area contributed by atoms with Crippen molar-refractivity contribution in [2.75, 3.05) is 0 Å². The average Bonchev–Trinajstić information content (AvgIpc) is 2.37. The summed E-state index contributed by atoms with van der Waals surface area (Å²) >= 11 is 0. The lowest BCUT2D eigenvalue weighted by Gasteiger charge is -2.05. The van der Waals surface area contributed by atoms with E-state index >= 15 is 0 Å². The highest BCUT2D eigenvalue weighted by Gasteiger charge is 2.03. The molecule has 0 radical (unpaired) electrons. The molecule has 0 saturated carbocycles. The number of fused-ring (bicyclic) bond motifs is 1. The van der Waals surface area contributed by atoms with Crippen molar-refractivity contribution >= 4 is 10.8 Å². The van der Waals surface area contributed by atoms with Crippen LogP contribution in [-0.2, 0) is 6.42 Å². The van der Waals surface area contributed by atoms with Crippen LogP contribution < -0.4 is 5.56 Å². The molecule has 1 N–H and O–H groups in total. The number of hydrogen-bond acceptors (Lipinski definition) is 1. The van der Waals surface area contributed by atoms with Gasteiger partial charge in [-0.15, -0.1) is 0 Å². The van der Waals surface area contributed by atoms with Gasteiger partial charge < -0.3 is 4.98 Å². The van der Waals surface area contributed by atoms with Gasteiger partial charge >= 0.3 is 0 Å². The van der Waals surface area contributed by atoms with E-state index in [1.165, 1.54) is 31.2 Å². The number of hydrogen-bond donors (Lipinski definition) is 1. The number of benzene rings is 1. The Morgan fingerprint density at radius 1 is 1.06 bits per heavy atom. The van der Waals surface area contributed by atoms with Gasteiger partial charge in [-0.2, -0.15) is 0 Å². The molecular formula is C15H19NO. The second-order valence-corrected chi connectivity index (χ2v) is 4.50. The Hall–Kier alpha value is -1.57. The number of aryl methyl sites for hydroxylation is 1. The predicted octanol–water partition coefficient (Wildman–Crippen LogP) is 3.65. The summed E-state index contributed by atoms with van der Waals surface area (Å²) in [7, 11) is 0. The third kappa shape index (κ3) is 2.76. The smallest absolute Gasteiger partial charge is 0.255 e. The fourth-order valence-corrected chi connectivity index (χ4v) is 2.22. The molecule has 0 aliphatic carbocycles. The van der Waals surface area contributed by atoms with Crippen LogP contribution in [0.2, 0.25) is 0 Å². The molecule has 0 fully saturated rings. The van der Waals surface area contributed by atoms with E-state index in [-0.39, 0.29) is 5.56 Å². The van der Waals surface area contributed by atoms with Crippen molar-refractivity contribution in [2.24, 2.45) is 0 Å². The summed E-state index contributed by atoms with van der Waals surface area (Å²) in [5, 5.41) is 1.91. The molecule has 2 nitrogen and oxygen atoms in total. The Kier molecular flexibility index (Phi) is 3.97. The highest BCUT2D eigenvalue weighted by Crippen LogP contribution is 2.16. The summed E-state index contributed by atoms with van der Waals surface area (Å²) in [5.74, 6) is 0. The number of nitrogens with one attached hydrogen (secondary N) is 1. The molecular weight excluding hydrogens is 210 g/mol. The van der Waals surface area contributed by atoms with Crippen LogP contribution in [0.5, 0.6) is 0 Å². The zero-order valence-electron chi connectivity index (χ0n) is 10.3. The molecule has 1 aromatic carbocycles. The predicted molar refractivity (Wildman–Crippen MR) is 72.4 cm³/mol. The minimum absolute atomic E-state index is 0.0120. The van der Waals surface area contributed by atoms with Crippen molar-refractivity contribution < 1.29 is 0 Å². The molecule has 0 spiro atoms. The van der Waals surface area contributed by atoms with Gasteiger partial charge in [0, 0.05) is 11.6 Å². The first-order chi connectivity index (χ1) is 8.33. The standard InChI is InChI=1S/C15H19NO/c1-2-3-4-5-8-12-11-16-15(17)14-10-7-6-9-13(12)14/h6-7,9-11H,2-5,8H2,1H3,(H,16,17). The maximum atomic E-state index is 11.7. The minimum atomic E-state index is 0.0120. The molecule has 0 unspecified atom stereocenters. The zero-order chi connectivity index (χ0) is 12.1. The monoisotopic (exact) mass is 229 g/mol. The van der Waals surface area contributed by atoms with Crippen LogP contribution >= 0.6 is 0 Å². The Bertz CT molecular complexity index is 542. The van der Waals surface area contributed by atoms with Gasteiger partial charge in [0.1, 0.15) is 0 Å². The van der Waals surface area contributed by atoms with E-state index < -0.39 is 0 Å². The van der Waals surface area contributed by atoms with Crippen LogP contribution in [-0.4, -0.2) is 4.98 Å². The molecule has 2 rings (SSSR count). The second-order valence-electron chi connectivity index (χ2n) is 4.50. The molecule has 0 bridgehead atoms. The molecule has 0 atom stereocenters. The number of H-pyrrole nitrogens is 1. The van der Waals surface area contributed by atoms with Crippen LogP contribution in [0.4, 0.5) is 0 Å². The molecule has 0 saturated heterocycles. The SMILES string of the molecule is CCCCCCc1c[nH]c(=O)c2ccccc12. The van der Waals surface area contributed by atoms with E-state index in [9.17, 15) is 4.79 Å². The lowest BCUT2D eigenvalue weighted by molar-refractivity contribution is 0.667. The zero-order valence-corrected chi connectivity index (χ0v) is 10.3. The van der Waals surface area contributed by atoms with Crippen molar-refractivity contribution in [1.29, 1.82) is 0 Å². The van der Waals surface area contributed by atoms with Gasteiger partial charge in [-0.05, 0) is 29.9 Å². The third-order valence-corrected chi connectivity index (χ3v) is 3.19. The fourth-order valence-electron chi connectivity index (χ4n) is 2.22. The van der Waals surface area contributed by atoms with Gasteiger partial charge in [0.05, 0.1) is 0 Å². The molecule has 17 heavy (non-hydrogen) atoms. The number of pyridine rings is 1. The molecule has 1 aromatic heterocycles. The Morgan fingerprint density at radius 3 is 2.59 bits per heavy atom. The van der Waals surface area contributed by atoms with Crippen molar-refractivity contribution in [3.8, 4) is 0 Å². The van der Waals surface area contributed by atoms with Gasteiger partial charge in [0.15, 0.2) is 0 Å². The van der Waals surface area contributed by atoms with Crippen molar-refractivity contribution in [3.63, 3.8) is 0 Å². The van der Waals surface area contributed by atoms with E-state index in [1.54, 1.807) is 0 Å². The maximum absolute atomic E-state index is 11.7. The molecule has 0 amide bonds. The van der Waals surface area contributed by atoms with Crippen LogP contribution in [0.25, 0.3) is 10.8 Å². The minimum Gasteiger partial charge on any atom is -0.328 e. The summed E-state index contributed by atoms with van der Waals surface area (Å²) < 4.78 is 0. The molecule has 0 aliphatic heterocycles. The molecule has 2 heteroatoms. The average molecular weight is 229 g/mol. The fraction of sp³-hybridized carbons (Fsp3) is 0.400. The van der Waals surface area contributed by atoms with Crippen molar-refractivity contribution in [1.82, 2.24) is 4.98 Å². The summed E-state index contributed by atoms with van der Waals surface area (Å²) in [6, 6.07) is 7.85. The largest absolute Gasteiger partial charge is 0.328 e.